The van der Waals surface area contributed by atoms with Crippen LogP contribution in [0.1, 0.15) is 90.9 Å². The van der Waals surface area contributed by atoms with Gasteiger partial charge in [-0.1, -0.05) is 121 Å². The number of carbonyl (C=O) groups excluding carboxylic acids is 2. The minimum absolute atomic E-state index is 0. The molecule has 0 radical (unpaired) electrons. The number of unbranched alkanes of at least 4 members (excludes halogenated alkanes) is 10. The van der Waals surface area contributed by atoms with Crippen molar-refractivity contribution in [1.29, 1.82) is 0 Å². The van der Waals surface area contributed by atoms with Crippen molar-refractivity contribution in [2.24, 2.45) is 0 Å². The molecule has 0 spiro atoms. The molecule has 1 aromatic heterocycles. The second-order valence-corrected chi connectivity index (χ2v) is 9.33. The number of carboxylic acid groups (broad SMARTS) is 2. The SMILES string of the molecule is CCCCCCCCNC(=O)[O-].CCCCCCCCNC(=O)[O-].N.[Pt+2].c1ccc2c(c1)cnc1ccccc12. The van der Waals surface area contributed by atoms with E-state index in [0.29, 0.717) is 13.1 Å². The van der Waals surface area contributed by atoms with E-state index in [1.54, 1.807) is 0 Å². The van der Waals surface area contributed by atoms with Gasteiger partial charge < -0.3 is 36.6 Å². The van der Waals surface area contributed by atoms with Crippen molar-refractivity contribution in [2.45, 2.75) is 90.9 Å². The molecule has 0 aliphatic rings. The zero-order chi connectivity index (χ0) is 27.8. The van der Waals surface area contributed by atoms with Crippen molar-refractivity contribution in [3.05, 3.63) is 54.7 Å². The van der Waals surface area contributed by atoms with Gasteiger partial charge in [0.2, 0.25) is 0 Å². The Bertz CT molecular complexity index is 969. The molecule has 2 amide bonds. The summed E-state index contributed by atoms with van der Waals surface area (Å²) in [4.78, 5) is 24.2. The van der Waals surface area contributed by atoms with Crippen LogP contribution in [0, 0.1) is 0 Å². The number of nitrogens with one attached hydrogen (secondary N) is 2. The molecule has 0 aliphatic heterocycles. The molecule has 0 saturated carbocycles. The summed E-state index contributed by atoms with van der Waals surface area (Å²) < 4.78 is 0. The molecule has 3 aromatic rings. The topological polar surface area (TPSA) is 152 Å². The smallest absolute Gasteiger partial charge is 0.530 e. The monoisotopic (exact) mass is 735 g/mol. The van der Waals surface area contributed by atoms with Crippen LogP contribution in [-0.4, -0.2) is 30.3 Å². The minimum atomic E-state index is -1.16. The number of rotatable bonds is 14. The van der Waals surface area contributed by atoms with Gasteiger partial charge in [0, 0.05) is 30.1 Å². The molecule has 0 saturated heterocycles. The summed E-state index contributed by atoms with van der Waals surface area (Å²) in [6.07, 6.45) is 13.7. The number of pyridine rings is 1. The van der Waals surface area contributed by atoms with Crippen LogP contribution in [0.2, 0.25) is 0 Å². The molecule has 2 aromatic carbocycles. The third-order valence-corrected chi connectivity index (χ3v) is 6.10. The molecular formula is C31H48N4O4Pt. The summed E-state index contributed by atoms with van der Waals surface area (Å²) in [7, 11) is 0. The summed E-state index contributed by atoms with van der Waals surface area (Å²) in [6, 6.07) is 16.6. The molecular weight excluding hydrogens is 687 g/mol. The molecule has 9 heteroatoms. The van der Waals surface area contributed by atoms with E-state index in [4.69, 9.17) is 0 Å². The maximum absolute atomic E-state index is 9.91. The van der Waals surface area contributed by atoms with Crippen LogP contribution in [0.3, 0.4) is 0 Å². The van der Waals surface area contributed by atoms with Crippen LogP contribution in [-0.2, 0) is 21.1 Å². The minimum Gasteiger partial charge on any atom is -0.530 e. The van der Waals surface area contributed by atoms with E-state index in [1.807, 2.05) is 24.4 Å². The number of hydrogen-bond donors (Lipinski definition) is 3. The molecule has 0 fully saturated rings. The molecule has 3 rings (SSSR count). The quantitative estimate of drug-likeness (QED) is 0.134. The summed E-state index contributed by atoms with van der Waals surface area (Å²) in [5.41, 5.74) is 1.06. The first-order valence-electron chi connectivity index (χ1n) is 14.1. The number of amides is 2. The van der Waals surface area contributed by atoms with E-state index >= 15 is 0 Å². The third-order valence-electron chi connectivity index (χ3n) is 6.10. The van der Waals surface area contributed by atoms with Gasteiger partial charge in [0.1, 0.15) is 12.2 Å². The second-order valence-electron chi connectivity index (χ2n) is 9.33. The van der Waals surface area contributed by atoms with E-state index in [1.165, 1.54) is 67.5 Å². The van der Waals surface area contributed by atoms with Gasteiger partial charge in [-0.2, -0.15) is 0 Å². The molecule has 40 heavy (non-hydrogen) atoms. The number of aromatic nitrogens is 1. The number of hydrogen-bond acceptors (Lipinski definition) is 6. The zero-order valence-electron chi connectivity index (χ0n) is 24.2. The average molecular weight is 736 g/mol. The van der Waals surface area contributed by atoms with E-state index in [9.17, 15) is 19.8 Å². The van der Waals surface area contributed by atoms with Gasteiger partial charge in [-0.3, -0.25) is 4.98 Å². The maximum atomic E-state index is 9.91. The number of benzene rings is 2. The number of nitrogens with zero attached hydrogens (tertiary/aromatic N) is 1. The summed E-state index contributed by atoms with van der Waals surface area (Å²) >= 11 is 0. The van der Waals surface area contributed by atoms with Gasteiger partial charge in [-0.05, 0) is 24.3 Å². The van der Waals surface area contributed by atoms with Crippen LogP contribution in [0.15, 0.2) is 54.7 Å². The molecule has 0 bridgehead atoms. The Morgan fingerprint density at radius 2 is 1.07 bits per heavy atom. The van der Waals surface area contributed by atoms with Crippen LogP contribution in [0.4, 0.5) is 9.59 Å². The Hall–Kier alpha value is -2.70. The van der Waals surface area contributed by atoms with Gasteiger partial charge >= 0.3 is 21.1 Å². The maximum Gasteiger partial charge on any atom is 2.00 e. The van der Waals surface area contributed by atoms with Gasteiger partial charge in [0.25, 0.3) is 0 Å². The van der Waals surface area contributed by atoms with Crippen molar-refractivity contribution < 1.29 is 40.9 Å². The Morgan fingerprint density at radius 3 is 1.57 bits per heavy atom. The zero-order valence-corrected chi connectivity index (χ0v) is 26.5. The molecule has 8 nitrogen and oxygen atoms in total. The normalized spacial score (nSPS) is 9.65. The van der Waals surface area contributed by atoms with Gasteiger partial charge in [0.15, 0.2) is 0 Å². The van der Waals surface area contributed by atoms with Crippen LogP contribution >= 0.6 is 0 Å². The molecule has 5 N–H and O–H groups in total. The van der Waals surface area contributed by atoms with Crippen molar-refractivity contribution in [3.63, 3.8) is 0 Å². The summed E-state index contributed by atoms with van der Waals surface area (Å²) in [6.45, 7) is 5.43. The van der Waals surface area contributed by atoms with E-state index in [-0.39, 0.29) is 27.2 Å². The molecule has 0 atom stereocenters. The fourth-order valence-corrected chi connectivity index (χ4v) is 4.00. The van der Waals surface area contributed by atoms with Crippen LogP contribution in [0.25, 0.3) is 21.7 Å². The molecule has 0 aliphatic carbocycles. The first-order valence-corrected chi connectivity index (χ1v) is 14.1. The van der Waals surface area contributed by atoms with Gasteiger partial charge in [-0.15, -0.1) is 0 Å². The summed E-state index contributed by atoms with van der Waals surface area (Å²) in [5, 5.41) is 28.0. The molecule has 1 heterocycles. The van der Waals surface area contributed by atoms with Crippen molar-refractivity contribution in [1.82, 2.24) is 21.8 Å². The Morgan fingerprint density at radius 1 is 0.650 bits per heavy atom. The van der Waals surface area contributed by atoms with Gasteiger partial charge in [0.05, 0.1) is 5.52 Å². The van der Waals surface area contributed by atoms with E-state index in [2.05, 4.69) is 59.8 Å². The van der Waals surface area contributed by atoms with Crippen LogP contribution < -0.4 is 27.0 Å². The van der Waals surface area contributed by atoms with Gasteiger partial charge in [-0.25, -0.2) is 0 Å². The van der Waals surface area contributed by atoms with Crippen molar-refractivity contribution in [2.75, 3.05) is 13.1 Å². The first kappa shape index (κ1) is 39.4. The first-order chi connectivity index (χ1) is 18.5. The Labute approximate surface area is 254 Å². The Kier molecular flexibility index (Phi) is 26.1. The number of para-hydroxylation sites is 1. The van der Waals surface area contributed by atoms with Crippen molar-refractivity contribution in [3.8, 4) is 0 Å². The largest absolute Gasteiger partial charge is 2.00 e. The predicted molar refractivity (Wildman–Crippen MR) is 158 cm³/mol. The van der Waals surface area contributed by atoms with Crippen LogP contribution in [0.5, 0.6) is 0 Å². The third kappa shape index (κ3) is 19.4. The Balaban J connectivity index is 0. The average Bonchev–Trinajstić information content (AvgIpc) is 2.92. The second kappa shape index (κ2) is 26.5. The molecule has 226 valence electrons. The number of fused-ring (bicyclic) bond motifs is 3. The van der Waals surface area contributed by atoms with E-state index < -0.39 is 12.2 Å². The molecule has 0 unspecified atom stereocenters. The fraction of sp³-hybridized carbons (Fsp3) is 0.516. The fourth-order valence-electron chi connectivity index (χ4n) is 4.00. The number of carbonyl (C=O) groups is 2. The predicted octanol–water partition coefficient (Wildman–Crippen LogP) is 6.11. The van der Waals surface area contributed by atoms with Crippen molar-refractivity contribution >= 4 is 33.9 Å². The summed E-state index contributed by atoms with van der Waals surface area (Å²) in [5.74, 6) is 0. The standard InChI is InChI=1S/C13H9N.2C9H19NO2.H3N.Pt/c1-2-6-11-10(5-1)9-14-13-8-4-3-7-12(11)13;2*1-2-3-4-5-6-7-8-10-9(11)12;;/h1-9H;2*10H,2-8H2,1H3,(H,11,12);1H3;/q;;;;+2/p-2. The van der Waals surface area contributed by atoms with E-state index in [0.717, 1.165) is 31.2 Å².